The summed E-state index contributed by atoms with van der Waals surface area (Å²) in [5.41, 5.74) is 4.70. The van der Waals surface area contributed by atoms with Gasteiger partial charge in [-0.15, -0.1) is 0 Å². The maximum absolute atomic E-state index is 13.2. The molecule has 0 aliphatic heterocycles. The second-order valence-electron chi connectivity index (χ2n) is 9.41. The Morgan fingerprint density at radius 1 is 1.06 bits per heavy atom. The molecule has 0 bridgehead atoms. The van der Waals surface area contributed by atoms with Crippen LogP contribution >= 0.6 is 15.9 Å². The van der Waals surface area contributed by atoms with Gasteiger partial charge in [-0.05, 0) is 48.6 Å². The molecular formula is C27H33BrN2O. The quantitative estimate of drug-likeness (QED) is 0.352. The number of hydrogen-bond donors (Lipinski definition) is 1. The zero-order chi connectivity index (χ0) is 22.6. The molecule has 3 nitrogen and oxygen atoms in total. The van der Waals surface area contributed by atoms with E-state index in [2.05, 4.69) is 80.1 Å². The number of pyridine rings is 1. The molecule has 0 radical (unpaired) electrons. The van der Waals surface area contributed by atoms with E-state index in [-0.39, 0.29) is 17.4 Å². The van der Waals surface area contributed by atoms with Crippen LogP contribution in [0.2, 0.25) is 0 Å². The van der Waals surface area contributed by atoms with Crippen LogP contribution in [0.3, 0.4) is 0 Å². The second kappa shape index (κ2) is 9.95. The molecule has 0 saturated carbocycles. The third-order valence-corrected chi connectivity index (χ3v) is 6.17. The van der Waals surface area contributed by atoms with Crippen molar-refractivity contribution in [2.24, 2.45) is 0 Å². The Labute approximate surface area is 194 Å². The molecular weight excluding hydrogens is 448 g/mol. The number of carbonyl (C=O) groups excluding carboxylic acids is 1. The second-order valence-corrected chi connectivity index (χ2v) is 10.3. The number of aromatic nitrogens is 1. The molecule has 0 spiro atoms. The Morgan fingerprint density at radius 3 is 2.42 bits per heavy atom. The van der Waals surface area contributed by atoms with Crippen LogP contribution in [0.4, 0.5) is 0 Å². The topological polar surface area (TPSA) is 42.0 Å². The zero-order valence-corrected chi connectivity index (χ0v) is 20.8. The van der Waals surface area contributed by atoms with Crippen molar-refractivity contribution in [1.29, 1.82) is 0 Å². The molecule has 2 aromatic carbocycles. The molecule has 3 aromatic rings. The van der Waals surface area contributed by atoms with Gasteiger partial charge >= 0.3 is 0 Å². The fourth-order valence-corrected chi connectivity index (χ4v) is 4.11. The van der Waals surface area contributed by atoms with E-state index in [1.807, 2.05) is 24.3 Å². The minimum atomic E-state index is -0.0398. The highest BCUT2D eigenvalue weighted by Gasteiger charge is 2.17. The fourth-order valence-electron chi connectivity index (χ4n) is 3.75. The predicted octanol–water partition coefficient (Wildman–Crippen LogP) is 7.66. The molecule has 1 heterocycles. The highest BCUT2D eigenvalue weighted by Crippen LogP contribution is 2.29. The highest BCUT2D eigenvalue weighted by molar-refractivity contribution is 9.10. The molecule has 31 heavy (non-hydrogen) atoms. The van der Waals surface area contributed by atoms with Crippen molar-refractivity contribution in [2.75, 3.05) is 0 Å². The van der Waals surface area contributed by atoms with Gasteiger partial charge in [-0.25, -0.2) is 4.98 Å². The monoisotopic (exact) mass is 480 g/mol. The number of hydrogen-bond acceptors (Lipinski definition) is 2. The Morgan fingerprint density at radius 2 is 1.77 bits per heavy atom. The number of benzene rings is 2. The predicted molar refractivity (Wildman–Crippen MR) is 135 cm³/mol. The molecule has 1 N–H and O–H groups in total. The molecule has 0 fully saturated rings. The van der Waals surface area contributed by atoms with Crippen LogP contribution in [-0.2, 0) is 5.41 Å². The first kappa shape index (κ1) is 23.5. The van der Waals surface area contributed by atoms with Crippen molar-refractivity contribution in [3.8, 4) is 11.3 Å². The van der Waals surface area contributed by atoms with Crippen LogP contribution in [0.5, 0.6) is 0 Å². The first-order chi connectivity index (χ1) is 14.7. The lowest BCUT2D eigenvalue weighted by molar-refractivity contribution is 0.0939. The maximum atomic E-state index is 13.2. The molecule has 0 saturated heterocycles. The minimum Gasteiger partial charge on any atom is -0.350 e. The number of halogens is 1. The van der Waals surface area contributed by atoms with Gasteiger partial charge in [0, 0.05) is 21.5 Å². The van der Waals surface area contributed by atoms with Gasteiger partial charge in [0.15, 0.2) is 0 Å². The lowest BCUT2D eigenvalue weighted by Crippen LogP contribution is -2.32. The fraction of sp³-hybridized carbons (Fsp3) is 0.407. The molecule has 0 aliphatic rings. The number of nitrogens with one attached hydrogen (secondary N) is 1. The summed E-state index contributed by atoms with van der Waals surface area (Å²) < 4.78 is 0.939. The summed E-state index contributed by atoms with van der Waals surface area (Å²) in [5, 5.41) is 4.06. The molecule has 4 heteroatoms. The molecule has 1 amide bonds. The van der Waals surface area contributed by atoms with E-state index in [0.717, 1.165) is 39.5 Å². The van der Waals surface area contributed by atoms with Gasteiger partial charge in [0.1, 0.15) is 0 Å². The Kier molecular flexibility index (Phi) is 7.53. The lowest BCUT2D eigenvalue weighted by atomic mass is 9.86. The summed E-state index contributed by atoms with van der Waals surface area (Å²) in [4.78, 5) is 18.1. The van der Waals surface area contributed by atoms with Gasteiger partial charge in [-0.1, -0.05) is 87.2 Å². The van der Waals surface area contributed by atoms with Crippen LogP contribution in [0.25, 0.3) is 22.2 Å². The number of nitrogens with zero attached hydrogens (tertiary/aromatic N) is 1. The van der Waals surface area contributed by atoms with Gasteiger partial charge in [-0.3, -0.25) is 4.79 Å². The van der Waals surface area contributed by atoms with E-state index < -0.39 is 0 Å². The number of unbranched alkanes of at least 4 members (excludes halogenated alkanes) is 2. The number of carbonyl (C=O) groups is 1. The third kappa shape index (κ3) is 5.94. The molecule has 3 rings (SSSR count). The van der Waals surface area contributed by atoms with Crippen molar-refractivity contribution in [1.82, 2.24) is 10.3 Å². The average molecular weight is 481 g/mol. The highest BCUT2D eigenvalue weighted by atomic mass is 79.9. The van der Waals surface area contributed by atoms with Crippen LogP contribution in [0, 0.1) is 0 Å². The van der Waals surface area contributed by atoms with E-state index in [4.69, 9.17) is 4.98 Å². The number of fused-ring (bicyclic) bond motifs is 1. The van der Waals surface area contributed by atoms with Crippen molar-refractivity contribution >= 4 is 32.7 Å². The van der Waals surface area contributed by atoms with Crippen molar-refractivity contribution in [3.05, 3.63) is 64.1 Å². The molecule has 0 unspecified atom stereocenters. The Hall–Kier alpha value is -2.20. The van der Waals surface area contributed by atoms with E-state index in [0.29, 0.717) is 5.56 Å². The standard InChI is InChI=1S/C27H33BrN2O/c1-6-7-8-9-18(2)29-26(31)23-17-25(30-24-15-14-21(28)16-22(23)24)19-10-12-20(13-11-19)27(3,4)5/h10-18H,6-9H2,1-5H3,(H,29,31)/t18-/m0/s1. The molecule has 1 atom stereocenters. The van der Waals surface area contributed by atoms with Crippen molar-refractivity contribution < 1.29 is 4.79 Å². The smallest absolute Gasteiger partial charge is 0.252 e. The normalized spacial score (nSPS) is 12.7. The van der Waals surface area contributed by atoms with Crippen LogP contribution in [0.1, 0.15) is 76.2 Å². The summed E-state index contributed by atoms with van der Waals surface area (Å²) in [5.74, 6) is -0.0398. The molecule has 164 valence electrons. The van der Waals surface area contributed by atoms with Crippen molar-refractivity contribution in [2.45, 2.75) is 71.8 Å². The lowest BCUT2D eigenvalue weighted by Gasteiger charge is -2.19. The summed E-state index contributed by atoms with van der Waals surface area (Å²) in [6.45, 7) is 10.9. The van der Waals surface area contributed by atoms with Crippen LogP contribution < -0.4 is 5.32 Å². The van der Waals surface area contributed by atoms with Gasteiger partial charge in [-0.2, -0.15) is 0 Å². The van der Waals surface area contributed by atoms with Gasteiger partial charge in [0.2, 0.25) is 0 Å². The van der Waals surface area contributed by atoms with Crippen molar-refractivity contribution in [3.63, 3.8) is 0 Å². The van der Waals surface area contributed by atoms with E-state index in [1.54, 1.807) is 0 Å². The van der Waals surface area contributed by atoms with Crippen LogP contribution in [-0.4, -0.2) is 16.9 Å². The van der Waals surface area contributed by atoms with Crippen LogP contribution in [0.15, 0.2) is 53.0 Å². The first-order valence-corrected chi connectivity index (χ1v) is 12.0. The largest absolute Gasteiger partial charge is 0.350 e. The maximum Gasteiger partial charge on any atom is 0.252 e. The summed E-state index contributed by atoms with van der Waals surface area (Å²) in [7, 11) is 0. The van der Waals surface area contributed by atoms with E-state index in [9.17, 15) is 4.79 Å². The zero-order valence-electron chi connectivity index (χ0n) is 19.3. The molecule has 0 aliphatic carbocycles. The summed E-state index contributed by atoms with van der Waals surface area (Å²) in [6.07, 6.45) is 4.50. The summed E-state index contributed by atoms with van der Waals surface area (Å²) >= 11 is 3.54. The van der Waals surface area contributed by atoms with Gasteiger partial charge in [0.05, 0.1) is 16.8 Å². The minimum absolute atomic E-state index is 0.0398. The average Bonchev–Trinajstić information content (AvgIpc) is 2.72. The van der Waals surface area contributed by atoms with E-state index in [1.165, 1.54) is 18.4 Å². The van der Waals surface area contributed by atoms with E-state index >= 15 is 0 Å². The third-order valence-electron chi connectivity index (χ3n) is 5.68. The SMILES string of the molecule is CCCCC[C@H](C)NC(=O)c1cc(-c2ccc(C(C)(C)C)cc2)nc2ccc(Br)cc12. The molecule has 1 aromatic heterocycles. The summed E-state index contributed by atoms with van der Waals surface area (Å²) in [6, 6.07) is 16.5. The van der Waals surface area contributed by atoms with Gasteiger partial charge < -0.3 is 5.32 Å². The Bertz CT molecular complexity index is 1050. The number of rotatable bonds is 7. The van der Waals surface area contributed by atoms with Gasteiger partial charge in [0.25, 0.3) is 5.91 Å². The number of amides is 1. The Balaban J connectivity index is 1.98. The first-order valence-electron chi connectivity index (χ1n) is 11.2.